The zero-order valence-electron chi connectivity index (χ0n) is 11.6. The molecule has 1 aliphatic heterocycles. The fourth-order valence-electron chi connectivity index (χ4n) is 2.74. The maximum Gasteiger partial charge on any atom is 0.237 e. The maximum atomic E-state index is 12.5. The summed E-state index contributed by atoms with van der Waals surface area (Å²) in [6.07, 6.45) is 3.06. The summed E-state index contributed by atoms with van der Waals surface area (Å²) < 4.78 is 5.28. The number of carbonyl (C=O) groups excluding carboxylic acids is 1. The van der Waals surface area contributed by atoms with Gasteiger partial charge in [0.05, 0.1) is 12.5 Å². The molecular weight excluding hydrogens is 226 g/mol. The Kier molecular flexibility index (Phi) is 3.33. The van der Waals surface area contributed by atoms with Gasteiger partial charge in [-0.2, -0.15) is 0 Å². The molecule has 0 spiro atoms. The van der Waals surface area contributed by atoms with Crippen molar-refractivity contribution < 1.29 is 9.53 Å². The number of anilines is 1. The first-order chi connectivity index (χ1) is 8.54. The standard InChI is InChI=1S/C15H21NO2/c1-5-6-9-15(2)12-10-11(18-4)7-8-13(12)16(3)14(15)17/h7-8,10H,5-6,9H2,1-4H3. The summed E-state index contributed by atoms with van der Waals surface area (Å²) >= 11 is 0. The van der Waals surface area contributed by atoms with E-state index in [0.29, 0.717) is 0 Å². The van der Waals surface area contributed by atoms with Crippen molar-refractivity contribution in [3.05, 3.63) is 23.8 Å². The number of hydrogen-bond acceptors (Lipinski definition) is 2. The van der Waals surface area contributed by atoms with Gasteiger partial charge < -0.3 is 9.64 Å². The van der Waals surface area contributed by atoms with Gasteiger partial charge >= 0.3 is 0 Å². The number of amides is 1. The summed E-state index contributed by atoms with van der Waals surface area (Å²) in [5, 5.41) is 0. The van der Waals surface area contributed by atoms with E-state index in [4.69, 9.17) is 4.74 Å². The first-order valence-corrected chi connectivity index (χ1v) is 6.51. The molecule has 1 unspecified atom stereocenters. The highest BCUT2D eigenvalue weighted by Crippen LogP contribution is 2.45. The molecule has 1 aromatic rings. The van der Waals surface area contributed by atoms with E-state index in [2.05, 4.69) is 6.92 Å². The molecule has 0 radical (unpaired) electrons. The van der Waals surface area contributed by atoms with Crippen LogP contribution in [0.4, 0.5) is 5.69 Å². The number of rotatable bonds is 4. The number of benzene rings is 1. The average molecular weight is 247 g/mol. The normalized spacial score (nSPS) is 22.2. The minimum Gasteiger partial charge on any atom is -0.497 e. The minimum absolute atomic E-state index is 0.194. The van der Waals surface area contributed by atoms with Gasteiger partial charge in [0.15, 0.2) is 0 Å². The largest absolute Gasteiger partial charge is 0.497 e. The van der Waals surface area contributed by atoms with Crippen molar-refractivity contribution >= 4 is 11.6 Å². The van der Waals surface area contributed by atoms with Crippen LogP contribution in [0.15, 0.2) is 18.2 Å². The lowest BCUT2D eigenvalue weighted by Gasteiger charge is -2.23. The van der Waals surface area contributed by atoms with Crippen LogP contribution in [0.2, 0.25) is 0 Å². The Morgan fingerprint density at radius 2 is 2.11 bits per heavy atom. The molecule has 0 N–H and O–H groups in total. The van der Waals surface area contributed by atoms with E-state index in [9.17, 15) is 4.79 Å². The van der Waals surface area contributed by atoms with E-state index in [1.807, 2.05) is 32.2 Å². The molecule has 1 amide bonds. The van der Waals surface area contributed by atoms with Gasteiger partial charge in [-0.25, -0.2) is 0 Å². The van der Waals surface area contributed by atoms with Crippen LogP contribution in [0, 0.1) is 0 Å². The van der Waals surface area contributed by atoms with Crippen LogP contribution in [-0.2, 0) is 10.2 Å². The topological polar surface area (TPSA) is 29.5 Å². The molecule has 0 bridgehead atoms. The second kappa shape index (κ2) is 4.63. The fraction of sp³-hybridized carbons (Fsp3) is 0.533. The van der Waals surface area contributed by atoms with Crippen LogP contribution in [0.1, 0.15) is 38.7 Å². The van der Waals surface area contributed by atoms with Gasteiger partial charge in [-0.1, -0.05) is 19.8 Å². The Morgan fingerprint density at radius 1 is 1.39 bits per heavy atom. The van der Waals surface area contributed by atoms with Crippen molar-refractivity contribution in [1.29, 1.82) is 0 Å². The summed E-state index contributed by atoms with van der Waals surface area (Å²) in [5.74, 6) is 1.01. The van der Waals surface area contributed by atoms with E-state index in [0.717, 1.165) is 36.3 Å². The zero-order chi connectivity index (χ0) is 13.3. The van der Waals surface area contributed by atoms with E-state index >= 15 is 0 Å². The third-order valence-corrected chi connectivity index (χ3v) is 3.97. The number of unbranched alkanes of at least 4 members (excludes halogenated alkanes) is 1. The van der Waals surface area contributed by atoms with Gasteiger partial charge in [0, 0.05) is 12.7 Å². The molecule has 18 heavy (non-hydrogen) atoms. The number of nitrogens with zero attached hydrogens (tertiary/aromatic N) is 1. The molecule has 1 heterocycles. The Labute approximate surface area is 109 Å². The van der Waals surface area contributed by atoms with E-state index < -0.39 is 5.41 Å². The number of likely N-dealkylation sites (N-methyl/N-ethyl adjacent to an activating group) is 1. The van der Waals surface area contributed by atoms with Crippen LogP contribution in [0.25, 0.3) is 0 Å². The van der Waals surface area contributed by atoms with Crippen LogP contribution < -0.4 is 9.64 Å². The van der Waals surface area contributed by atoms with Crippen LogP contribution in [0.3, 0.4) is 0 Å². The quantitative estimate of drug-likeness (QED) is 0.818. The zero-order valence-corrected chi connectivity index (χ0v) is 11.6. The molecule has 1 aromatic carbocycles. The van der Waals surface area contributed by atoms with Gasteiger partial charge in [0.2, 0.25) is 5.91 Å². The van der Waals surface area contributed by atoms with Gasteiger partial charge in [-0.05, 0) is 37.1 Å². The van der Waals surface area contributed by atoms with Crippen molar-refractivity contribution in [1.82, 2.24) is 0 Å². The summed E-state index contributed by atoms with van der Waals surface area (Å²) in [7, 11) is 3.51. The number of hydrogen-bond donors (Lipinski definition) is 0. The molecule has 0 saturated heterocycles. The average Bonchev–Trinajstić information content (AvgIpc) is 2.59. The third-order valence-electron chi connectivity index (χ3n) is 3.97. The van der Waals surface area contributed by atoms with Crippen molar-refractivity contribution in [3.8, 4) is 5.75 Å². The predicted octanol–water partition coefficient (Wildman–Crippen LogP) is 3.12. The summed E-state index contributed by atoms with van der Waals surface area (Å²) in [6, 6.07) is 5.89. The fourth-order valence-corrected chi connectivity index (χ4v) is 2.74. The number of fused-ring (bicyclic) bond motifs is 1. The molecule has 0 aliphatic carbocycles. The first-order valence-electron chi connectivity index (χ1n) is 6.51. The Bertz CT molecular complexity index is 470. The van der Waals surface area contributed by atoms with Gasteiger partial charge in [-0.3, -0.25) is 4.79 Å². The molecule has 0 aromatic heterocycles. The number of carbonyl (C=O) groups is 1. The lowest BCUT2D eigenvalue weighted by Crippen LogP contribution is -2.36. The van der Waals surface area contributed by atoms with Crippen LogP contribution >= 0.6 is 0 Å². The molecular formula is C15H21NO2. The second-order valence-electron chi connectivity index (χ2n) is 5.18. The molecule has 3 nitrogen and oxygen atoms in total. The van der Waals surface area contributed by atoms with E-state index in [1.165, 1.54) is 0 Å². The first kappa shape index (κ1) is 12.9. The van der Waals surface area contributed by atoms with Crippen molar-refractivity contribution in [2.24, 2.45) is 0 Å². The lowest BCUT2D eigenvalue weighted by atomic mass is 9.79. The van der Waals surface area contributed by atoms with Crippen LogP contribution in [-0.4, -0.2) is 20.1 Å². The van der Waals surface area contributed by atoms with Crippen LogP contribution in [0.5, 0.6) is 5.75 Å². The Morgan fingerprint density at radius 3 is 2.72 bits per heavy atom. The lowest BCUT2D eigenvalue weighted by molar-refractivity contribution is -0.122. The van der Waals surface area contributed by atoms with Gasteiger partial charge in [-0.15, -0.1) is 0 Å². The summed E-state index contributed by atoms with van der Waals surface area (Å²) in [5.41, 5.74) is 1.72. The van der Waals surface area contributed by atoms with Crippen molar-refractivity contribution in [2.75, 3.05) is 19.1 Å². The highest BCUT2D eigenvalue weighted by molar-refractivity contribution is 6.07. The van der Waals surface area contributed by atoms with E-state index in [1.54, 1.807) is 12.0 Å². The summed E-state index contributed by atoms with van der Waals surface area (Å²) in [4.78, 5) is 14.2. The maximum absolute atomic E-state index is 12.5. The van der Waals surface area contributed by atoms with Gasteiger partial charge in [0.25, 0.3) is 0 Å². The minimum atomic E-state index is -0.394. The summed E-state index contributed by atoms with van der Waals surface area (Å²) in [6.45, 7) is 4.20. The Hall–Kier alpha value is -1.51. The number of methoxy groups -OCH3 is 1. The van der Waals surface area contributed by atoms with Crippen molar-refractivity contribution in [3.63, 3.8) is 0 Å². The van der Waals surface area contributed by atoms with E-state index in [-0.39, 0.29) is 5.91 Å². The molecule has 1 atom stereocenters. The molecule has 0 fully saturated rings. The predicted molar refractivity (Wildman–Crippen MR) is 73.3 cm³/mol. The highest BCUT2D eigenvalue weighted by Gasteiger charge is 2.45. The van der Waals surface area contributed by atoms with Crippen molar-refractivity contribution in [2.45, 2.75) is 38.5 Å². The molecule has 98 valence electrons. The molecule has 0 saturated carbocycles. The third kappa shape index (κ3) is 1.78. The molecule has 2 rings (SSSR count). The second-order valence-corrected chi connectivity index (χ2v) is 5.18. The molecule has 3 heteroatoms. The van der Waals surface area contributed by atoms with Gasteiger partial charge in [0.1, 0.15) is 5.75 Å². The monoisotopic (exact) mass is 247 g/mol. The molecule has 1 aliphatic rings. The number of ether oxygens (including phenoxy) is 1. The smallest absolute Gasteiger partial charge is 0.237 e. The Balaban J connectivity index is 2.48. The highest BCUT2D eigenvalue weighted by atomic mass is 16.5. The SMILES string of the molecule is CCCCC1(C)C(=O)N(C)c2ccc(OC)cc21.